The van der Waals surface area contributed by atoms with Crippen molar-refractivity contribution in [2.45, 2.75) is 6.04 Å². The van der Waals surface area contributed by atoms with Gasteiger partial charge in [0.25, 0.3) is 0 Å². The van der Waals surface area contributed by atoms with E-state index in [1.54, 1.807) is 0 Å². The van der Waals surface area contributed by atoms with Gasteiger partial charge in [-0.25, -0.2) is 0 Å². The lowest BCUT2D eigenvalue weighted by atomic mass is 10.1. The summed E-state index contributed by atoms with van der Waals surface area (Å²) in [6.45, 7) is 4.26. The third kappa shape index (κ3) is 2.40. The molecule has 0 spiro atoms. The van der Waals surface area contributed by atoms with Gasteiger partial charge in [0, 0.05) is 45.6 Å². The summed E-state index contributed by atoms with van der Waals surface area (Å²) in [5, 5.41) is 12.8. The maximum atomic E-state index is 9.47. The molecule has 0 amide bonds. The second-order valence-corrected chi connectivity index (χ2v) is 4.09. The fraction of sp³-hybridized carbons (Fsp3) is 0.636. The van der Waals surface area contributed by atoms with Gasteiger partial charge in [0.2, 0.25) is 0 Å². The molecule has 2 heterocycles. The Kier molecular flexibility index (Phi) is 3.41. The summed E-state index contributed by atoms with van der Waals surface area (Å²) in [5.74, 6) is 0. The number of aromatic nitrogens is 1. The number of hydrogen-bond acceptors (Lipinski definition) is 3. The first-order chi connectivity index (χ1) is 7.31. The summed E-state index contributed by atoms with van der Waals surface area (Å²) in [6.07, 6.45) is 4.11. The number of aryl methyl sites for hydroxylation is 1. The van der Waals surface area contributed by atoms with Gasteiger partial charge in [-0.2, -0.15) is 0 Å². The molecule has 0 aromatic carbocycles. The summed E-state index contributed by atoms with van der Waals surface area (Å²) < 4.78 is 2.03. The minimum atomic E-state index is 0.160. The number of rotatable bonds is 3. The van der Waals surface area contributed by atoms with E-state index in [2.05, 4.69) is 22.5 Å². The zero-order valence-electron chi connectivity index (χ0n) is 9.19. The Labute approximate surface area is 90.5 Å². The first-order valence-corrected chi connectivity index (χ1v) is 5.49. The Morgan fingerprint density at radius 1 is 1.47 bits per heavy atom. The van der Waals surface area contributed by atoms with Crippen LogP contribution in [0.15, 0.2) is 18.5 Å². The number of piperazine rings is 1. The van der Waals surface area contributed by atoms with E-state index in [0.29, 0.717) is 0 Å². The van der Waals surface area contributed by atoms with Crippen LogP contribution >= 0.6 is 0 Å². The lowest BCUT2D eigenvalue weighted by Gasteiger charge is -2.33. The maximum Gasteiger partial charge on any atom is 0.0629 e. The minimum Gasteiger partial charge on any atom is -0.394 e. The highest BCUT2D eigenvalue weighted by Gasteiger charge is 2.21. The molecule has 4 heteroatoms. The molecule has 15 heavy (non-hydrogen) atoms. The number of nitrogens with zero attached hydrogens (tertiary/aromatic N) is 2. The van der Waals surface area contributed by atoms with Crippen molar-refractivity contribution in [2.24, 2.45) is 7.05 Å². The molecule has 0 bridgehead atoms. The van der Waals surface area contributed by atoms with Gasteiger partial charge in [0.15, 0.2) is 0 Å². The standard InChI is InChI=1S/C11H19N3O/c1-13-5-2-10(8-13)11(9-15)14-6-3-12-4-7-14/h2,5,8,11-12,15H,3-4,6-7,9H2,1H3. The number of aliphatic hydroxyl groups is 1. The summed E-state index contributed by atoms with van der Waals surface area (Å²) >= 11 is 0. The van der Waals surface area contributed by atoms with E-state index in [-0.39, 0.29) is 12.6 Å². The van der Waals surface area contributed by atoms with Crippen LogP contribution in [0.2, 0.25) is 0 Å². The fourth-order valence-corrected chi connectivity index (χ4v) is 2.15. The van der Waals surface area contributed by atoms with Gasteiger partial charge in [-0.3, -0.25) is 4.90 Å². The van der Waals surface area contributed by atoms with Crippen LogP contribution in [0.4, 0.5) is 0 Å². The minimum absolute atomic E-state index is 0.160. The molecule has 2 N–H and O–H groups in total. The molecular formula is C11H19N3O. The van der Waals surface area contributed by atoms with Crippen LogP contribution in [0.25, 0.3) is 0 Å². The average molecular weight is 209 g/mol. The van der Waals surface area contributed by atoms with Gasteiger partial charge in [-0.1, -0.05) is 0 Å². The van der Waals surface area contributed by atoms with E-state index in [1.165, 1.54) is 5.56 Å². The molecular weight excluding hydrogens is 190 g/mol. The molecule has 0 saturated carbocycles. The van der Waals surface area contributed by atoms with Gasteiger partial charge in [-0.15, -0.1) is 0 Å². The van der Waals surface area contributed by atoms with Crippen molar-refractivity contribution in [3.05, 3.63) is 24.0 Å². The summed E-state index contributed by atoms with van der Waals surface area (Å²) in [4.78, 5) is 2.34. The summed E-state index contributed by atoms with van der Waals surface area (Å²) in [5.41, 5.74) is 1.21. The van der Waals surface area contributed by atoms with Crippen LogP contribution in [0.5, 0.6) is 0 Å². The molecule has 0 radical (unpaired) electrons. The molecule has 1 fully saturated rings. The Morgan fingerprint density at radius 2 is 2.20 bits per heavy atom. The van der Waals surface area contributed by atoms with Crippen molar-refractivity contribution < 1.29 is 5.11 Å². The predicted molar refractivity (Wildman–Crippen MR) is 59.7 cm³/mol. The van der Waals surface area contributed by atoms with Gasteiger partial charge < -0.3 is 15.0 Å². The van der Waals surface area contributed by atoms with Gasteiger partial charge in [0.1, 0.15) is 0 Å². The van der Waals surface area contributed by atoms with Crippen molar-refractivity contribution in [1.29, 1.82) is 0 Å². The van der Waals surface area contributed by atoms with Crippen molar-refractivity contribution in [1.82, 2.24) is 14.8 Å². The normalized spacial score (nSPS) is 20.4. The number of aliphatic hydroxyl groups excluding tert-OH is 1. The Hall–Kier alpha value is -0.840. The van der Waals surface area contributed by atoms with E-state index in [1.807, 2.05) is 17.8 Å². The second-order valence-electron chi connectivity index (χ2n) is 4.09. The molecule has 2 rings (SSSR count). The van der Waals surface area contributed by atoms with E-state index in [9.17, 15) is 5.11 Å². The zero-order chi connectivity index (χ0) is 10.7. The van der Waals surface area contributed by atoms with Crippen LogP contribution in [0, 0.1) is 0 Å². The fourth-order valence-electron chi connectivity index (χ4n) is 2.15. The second kappa shape index (κ2) is 4.79. The van der Waals surface area contributed by atoms with Gasteiger partial charge in [-0.05, 0) is 11.6 Å². The van der Waals surface area contributed by atoms with Gasteiger partial charge >= 0.3 is 0 Å². The number of hydrogen-bond donors (Lipinski definition) is 2. The van der Waals surface area contributed by atoms with Crippen LogP contribution in [-0.4, -0.2) is 47.4 Å². The monoisotopic (exact) mass is 209 g/mol. The highest BCUT2D eigenvalue weighted by Crippen LogP contribution is 2.20. The zero-order valence-corrected chi connectivity index (χ0v) is 9.19. The summed E-state index contributed by atoms with van der Waals surface area (Å²) in [7, 11) is 2.01. The highest BCUT2D eigenvalue weighted by atomic mass is 16.3. The van der Waals surface area contributed by atoms with E-state index >= 15 is 0 Å². The smallest absolute Gasteiger partial charge is 0.0629 e. The van der Waals surface area contributed by atoms with Crippen molar-refractivity contribution in [2.75, 3.05) is 32.8 Å². The maximum absolute atomic E-state index is 9.47. The van der Waals surface area contributed by atoms with Gasteiger partial charge in [0.05, 0.1) is 12.6 Å². The molecule has 1 saturated heterocycles. The largest absolute Gasteiger partial charge is 0.394 e. The molecule has 84 valence electrons. The van der Waals surface area contributed by atoms with Crippen molar-refractivity contribution in [3.63, 3.8) is 0 Å². The number of nitrogens with one attached hydrogen (secondary N) is 1. The molecule has 0 aliphatic carbocycles. The van der Waals surface area contributed by atoms with E-state index in [4.69, 9.17) is 0 Å². The molecule has 1 aromatic heterocycles. The summed E-state index contributed by atoms with van der Waals surface area (Å²) in [6, 6.07) is 2.25. The average Bonchev–Trinajstić information content (AvgIpc) is 2.68. The Bertz CT molecular complexity index is 305. The van der Waals surface area contributed by atoms with E-state index in [0.717, 1.165) is 26.2 Å². The quantitative estimate of drug-likeness (QED) is 0.734. The Balaban J connectivity index is 2.08. The molecule has 1 aromatic rings. The van der Waals surface area contributed by atoms with Crippen LogP contribution in [0.1, 0.15) is 11.6 Å². The molecule has 1 atom stereocenters. The van der Waals surface area contributed by atoms with Crippen molar-refractivity contribution >= 4 is 0 Å². The third-order valence-corrected chi connectivity index (χ3v) is 3.00. The highest BCUT2D eigenvalue weighted by molar-refractivity contribution is 5.15. The lowest BCUT2D eigenvalue weighted by Crippen LogP contribution is -2.45. The SMILES string of the molecule is Cn1ccc(C(CO)N2CCNCC2)c1. The first kappa shape index (κ1) is 10.7. The Morgan fingerprint density at radius 3 is 2.73 bits per heavy atom. The molecule has 1 aliphatic heterocycles. The lowest BCUT2D eigenvalue weighted by molar-refractivity contribution is 0.111. The third-order valence-electron chi connectivity index (χ3n) is 3.00. The van der Waals surface area contributed by atoms with Crippen LogP contribution in [-0.2, 0) is 7.05 Å². The topological polar surface area (TPSA) is 40.4 Å². The first-order valence-electron chi connectivity index (χ1n) is 5.49. The molecule has 4 nitrogen and oxygen atoms in total. The van der Waals surface area contributed by atoms with Crippen LogP contribution < -0.4 is 5.32 Å². The molecule has 1 aliphatic rings. The van der Waals surface area contributed by atoms with Crippen LogP contribution in [0.3, 0.4) is 0 Å². The predicted octanol–water partition coefficient (Wildman–Crippen LogP) is -0.0363. The van der Waals surface area contributed by atoms with E-state index < -0.39 is 0 Å². The molecule has 1 unspecified atom stereocenters. The van der Waals surface area contributed by atoms with Crippen molar-refractivity contribution in [3.8, 4) is 0 Å².